The molecule has 0 aliphatic rings. The Balaban J connectivity index is 1.51. The second kappa shape index (κ2) is 8.55. The molecular formula is C19H19IN8O. The lowest BCUT2D eigenvalue weighted by Gasteiger charge is -2.08. The average molecular weight is 502 g/mol. The highest BCUT2D eigenvalue weighted by molar-refractivity contribution is 14.1. The fourth-order valence-electron chi connectivity index (χ4n) is 2.76. The highest BCUT2D eigenvalue weighted by Crippen LogP contribution is 2.20. The van der Waals surface area contributed by atoms with Gasteiger partial charge in [-0.2, -0.15) is 15.0 Å². The van der Waals surface area contributed by atoms with Crippen molar-refractivity contribution in [1.29, 1.82) is 0 Å². The van der Waals surface area contributed by atoms with Gasteiger partial charge in [-0.25, -0.2) is 4.68 Å². The molecule has 0 aliphatic heterocycles. The molecule has 0 aliphatic carbocycles. The van der Waals surface area contributed by atoms with E-state index in [1.807, 2.05) is 52.8 Å². The van der Waals surface area contributed by atoms with Crippen molar-refractivity contribution in [1.82, 2.24) is 34.5 Å². The van der Waals surface area contributed by atoms with Crippen molar-refractivity contribution in [3.63, 3.8) is 0 Å². The van der Waals surface area contributed by atoms with Gasteiger partial charge in [0, 0.05) is 20.3 Å². The zero-order valence-electron chi connectivity index (χ0n) is 15.9. The number of hydrogen-bond donors (Lipinski definition) is 1. The van der Waals surface area contributed by atoms with Crippen molar-refractivity contribution in [2.24, 2.45) is 7.05 Å². The van der Waals surface area contributed by atoms with E-state index >= 15 is 0 Å². The smallest absolute Gasteiger partial charge is 0.322 e. The molecule has 9 nitrogen and oxygen atoms in total. The van der Waals surface area contributed by atoms with Gasteiger partial charge < -0.3 is 14.6 Å². The van der Waals surface area contributed by atoms with Crippen LogP contribution in [0.4, 0.5) is 5.95 Å². The van der Waals surface area contributed by atoms with Crippen molar-refractivity contribution >= 4 is 28.5 Å². The summed E-state index contributed by atoms with van der Waals surface area (Å²) in [7, 11) is 3.69. The largest absolute Gasteiger partial charge is 0.457 e. The van der Waals surface area contributed by atoms with Gasteiger partial charge >= 0.3 is 6.01 Å². The number of anilines is 1. The van der Waals surface area contributed by atoms with Gasteiger partial charge in [-0.3, -0.25) is 0 Å². The predicted molar refractivity (Wildman–Crippen MR) is 116 cm³/mol. The molecule has 0 unspecified atom stereocenters. The van der Waals surface area contributed by atoms with Gasteiger partial charge in [0.15, 0.2) is 5.82 Å². The maximum atomic E-state index is 5.83. The van der Waals surface area contributed by atoms with Crippen molar-refractivity contribution < 1.29 is 4.74 Å². The Morgan fingerprint density at radius 3 is 2.62 bits per heavy atom. The Morgan fingerprint density at radius 1 is 1.07 bits per heavy atom. The fraction of sp³-hybridized carbons (Fsp3) is 0.211. The molecule has 3 aromatic heterocycles. The van der Waals surface area contributed by atoms with Gasteiger partial charge in [0.1, 0.15) is 16.0 Å². The maximum absolute atomic E-state index is 5.83. The number of nitrogens with zero attached hydrogens (tertiary/aromatic N) is 7. The topological polar surface area (TPSA) is 95.6 Å². The third kappa shape index (κ3) is 4.36. The van der Waals surface area contributed by atoms with E-state index in [2.05, 4.69) is 65.3 Å². The zero-order chi connectivity index (χ0) is 20.2. The van der Waals surface area contributed by atoms with Gasteiger partial charge in [0.25, 0.3) is 0 Å². The van der Waals surface area contributed by atoms with Gasteiger partial charge in [-0.15, -0.1) is 5.10 Å². The summed E-state index contributed by atoms with van der Waals surface area (Å²) in [5.74, 6) is 0.975. The minimum atomic E-state index is 0.215. The van der Waals surface area contributed by atoms with Gasteiger partial charge in [-0.05, 0) is 40.3 Å². The van der Waals surface area contributed by atoms with Crippen molar-refractivity contribution in [3.05, 3.63) is 63.6 Å². The summed E-state index contributed by atoms with van der Waals surface area (Å²) in [6, 6.07) is 14.2. The third-order valence-corrected chi connectivity index (χ3v) is 5.44. The van der Waals surface area contributed by atoms with E-state index in [-0.39, 0.29) is 12.6 Å². The molecule has 0 saturated heterocycles. The van der Waals surface area contributed by atoms with E-state index in [1.54, 1.807) is 7.05 Å². The monoisotopic (exact) mass is 502 g/mol. The van der Waals surface area contributed by atoms with E-state index in [9.17, 15) is 0 Å². The minimum Gasteiger partial charge on any atom is -0.457 e. The summed E-state index contributed by atoms with van der Waals surface area (Å²) < 4.78 is 10.5. The molecule has 0 radical (unpaired) electrons. The Labute approximate surface area is 181 Å². The summed E-state index contributed by atoms with van der Waals surface area (Å²) >= 11 is 2.23. The lowest BCUT2D eigenvalue weighted by atomic mass is 10.2. The Hall–Kier alpha value is -3.02. The number of ether oxygens (including phenoxy) is 1. The van der Waals surface area contributed by atoms with Crippen LogP contribution < -0.4 is 10.1 Å². The van der Waals surface area contributed by atoms with Gasteiger partial charge in [0.05, 0.1) is 12.2 Å². The van der Waals surface area contributed by atoms with Crippen LogP contribution in [0.1, 0.15) is 11.3 Å². The lowest BCUT2D eigenvalue weighted by Crippen LogP contribution is -2.08. The van der Waals surface area contributed by atoms with Crippen LogP contribution >= 0.6 is 22.6 Å². The number of nitrogens with one attached hydrogen (secondary N) is 1. The summed E-state index contributed by atoms with van der Waals surface area (Å²) in [6.07, 6.45) is 1.94. The highest BCUT2D eigenvalue weighted by atomic mass is 127. The molecule has 148 valence electrons. The molecule has 4 rings (SSSR count). The molecule has 1 aromatic carbocycles. The van der Waals surface area contributed by atoms with E-state index < -0.39 is 0 Å². The molecule has 29 heavy (non-hydrogen) atoms. The molecule has 0 saturated carbocycles. The Bertz CT molecular complexity index is 1110. The molecule has 1 N–H and O–H groups in total. The number of halogens is 1. The van der Waals surface area contributed by atoms with Crippen molar-refractivity contribution in [3.8, 4) is 17.5 Å². The van der Waals surface area contributed by atoms with Crippen LogP contribution in [-0.2, 0) is 20.2 Å². The Morgan fingerprint density at radius 2 is 1.90 bits per heavy atom. The summed E-state index contributed by atoms with van der Waals surface area (Å²) in [5, 5.41) is 11.4. The van der Waals surface area contributed by atoms with Crippen LogP contribution in [0, 0.1) is 3.70 Å². The molecule has 0 bridgehead atoms. The van der Waals surface area contributed by atoms with Crippen LogP contribution in [0.3, 0.4) is 0 Å². The lowest BCUT2D eigenvalue weighted by molar-refractivity contribution is 0.275. The van der Waals surface area contributed by atoms with Crippen LogP contribution in [0.15, 0.2) is 48.7 Å². The first-order valence-corrected chi connectivity index (χ1v) is 10.0. The van der Waals surface area contributed by atoms with Gasteiger partial charge in [0.2, 0.25) is 5.95 Å². The number of aryl methyl sites for hydroxylation is 1. The van der Waals surface area contributed by atoms with Crippen molar-refractivity contribution in [2.45, 2.75) is 13.2 Å². The van der Waals surface area contributed by atoms with E-state index in [0.29, 0.717) is 18.3 Å². The fourth-order valence-corrected chi connectivity index (χ4v) is 3.29. The van der Waals surface area contributed by atoms with E-state index in [1.165, 1.54) is 0 Å². The van der Waals surface area contributed by atoms with Crippen LogP contribution in [0.2, 0.25) is 0 Å². The molecule has 3 heterocycles. The van der Waals surface area contributed by atoms with Gasteiger partial charge in [-0.1, -0.05) is 35.5 Å². The molecule has 4 aromatic rings. The first kappa shape index (κ1) is 19.3. The quantitative estimate of drug-likeness (QED) is 0.389. The molecule has 0 spiro atoms. The maximum Gasteiger partial charge on any atom is 0.322 e. The summed E-state index contributed by atoms with van der Waals surface area (Å²) in [4.78, 5) is 13.1. The normalized spacial score (nSPS) is 10.9. The van der Waals surface area contributed by atoms with Crippen LogP contribution in [0.5, 0.6) is 6.01 Å². The zero-order valence-corrected chi connectivity index (χ0v) is 18.1. The molecule has 0 atom stereocenters. The highest BCUT2D eigenvalue weighted by Gasteiger charge is 2.14. The number of hydrogen-bond acceptors (Lipinski definition) is 7. The third-order valence-electron chi connectivity index (χ3n) is 4.26. The standard InChI is InChI=1S/C19H19IN8O/c1-21-18-22-17(15-9-6-10-27(15)2)23-19(24-18)29-12-14-16(20)28(26-25-14)11-13-7-4-3-5-8-13/h3-10H,11-12H2,1-2H3,(H,21,22,23,24). The number of benzene rings is 1. The van der Waals surface area contributed by atoms with E-state index in [0.717, 1.165) is 20.7 Å². The van der Waals surface area contributed by atoms with Crippen molar-refractivity contribution in [2.75, 3.05) is 12.4 Å². The number of aromatic nitrogens is 7. The molecule has 10 heteroatoms. The SMILES string of the molecule is CNc1nc(OCc2nnn(Cc3ccccc3)c2I)nc(-c2cccn2C)n1. The summed E-state index contributed by atoms with van der Waals surface area (Å²) in [5.41, 5.74) is 2.76. The summed E-state index contributed by atoms with van der Waals surface area (Å²) in [6.45, 7) is 0.867. The van der Waals surface area contributed by atoms with Crippen LogP contribution in [0.25, 0.3) is 11.5 Å². The number of rotatable bonds is 7. The molecule has 0 fully saturated rings. The minimum absolute atomic E-state index is 0.215. The van der Waals surface area contributed by atoms with E-state index in [4.69, 9.17) is 4.74 Å². The first-order valence-electron chi connectivity index (χ1n) is 8.94. The molecular weight excluding hydrogens is 483 g/mol. The first-order chi connectivity index (χ1) is 14.1. The average Bonchev–Trinajstić information content (AvgIpc) is 3.33. The van der Waals surface area contributed by atoms with Crippen LogP contribution in [-0.4, -0.2) is 41.6 Å². The second-order valence-corrected chi connectivity index (χ2v) is 7.30. The predicted octanol–water partition coefficient (Wildman–Crippen LogP) is 2.74. The second-order valence-electron chi connectivity index (χ2n) is 6.28. The molecule has 0 amide bonds. The Kier molecular flexibility index (Phi) is 5.69.